The molecule has 0 saturated carbocycles. The van der Waals surface area contributed by atoms with Crippen LogP contribution >= 0.6 is 11.3 Å². The van der Waals surface area contributed by atoms with Crippen LogP contribution in [0.4, 0.5) is 0 Å². The molecule has 1 aromatic heterocycles. The van der Waals surface area contributed by atoms with Crippen LogP contribution in [0.2, 0.25) is 0 Å². The van der Waals surface area contributed by atoms with Crippen molar-refractivity contribution in [3.8, 4) is 11.5 Å². The fourth-order valence-electron chi connectivity index (χ4n) is 1.37. The number of phenolic OH excluding ortho intramolecular Hbond substituents is 1. The Bertz CT molecular complexity index is 487. The number of aromatic hydroxyl groups is 1. The molecule has 0 radical (unpaired) electrons. The Morgan fingerprint density at radius 3 is 2.93 bits per heavy atom. The molecule has 1 aromatic carbocycles. The molecule has 1 N–H and O–H groups in total. The predicted octanol–water partition coefficient (Wildman–Crippen LogP) is 2.43. The van der Waals surface area contributed by atoms with Crippen molar-refractivity contribution in [2.45, 2.75) is 0 Å². The predicted molar refractivity (Wildman–Crippen MR) is 55.4 cm³/mol. The summed E-state index contributed by atoms with van der Waals surface area (Å²) >= 11 is 1.43. The summed E-state index contributed by atoms with van der Waals surface area (Å²) in [7, 11) is 1.48. The molecule has 0 unspecified atom stereocenters. The van der Waals surface area contributed by atoms with Gasteiger partial charge >= 0.3 is 0 Å². The van der Waals surface area contributed by atoms with E-state index in [-0.39, 0.29) is 5.75 Å². The molecule has 0 aliphatic rings. The van der Waals surface area contributed by atoms with E-state index in [1.807, 2.05) is 6.07 Å². The largest absolute Gasteiger partial charge is 0.504 e. The van der Waals surface area contributed by atoms with E-state index in [1.54, 1.807) is 11.4 Å². The molecule has 0 fully saturated rings. The molecule has 0 bridgehead atoms. The van der Waals surface area contributed by atoms with Gasteiger partial charge in [0.25, 0.3) is 0 Å². The van der Waals surface area contributed by atoms with Crippen molar-refractivity contribution in [1.29, 1.82) is 0 Å². The van der Waals surface area contributed by atoms with Crippen molar-refractivity contribution in [2.75, 3.05) is 7.11 Å². The summed E-state index contributed by atoms with van der Waals surface area (Å²) in [6.07, 6.45) is 0.734. The Morgan fingerprint density at radius 2 is 2.29 bits per heavy atom. The van der Waals surface area contributed by atoms with Crippen LogP contribution in [0.1, 0.15) is 10.4 Å². The minimum atomic E-state index is 0.0355. The number of thiophene rings is 1. The Labute approximate surface area is 84.6 Å². The Morgan fingerprint density at radius 1 is 1.50 bits per heavy atom. The fourth-order valence-corrected chi connectivity index (χ4v) is 2.27. The van der Waals surface area contributed by atoms with E-state index in [0.717, 1.165) is 11.0 Å². The molecule has 0 spiro atoms. The van der Waals surface area contributed by atoms with Crippen molar-refractivity contribution in [1.82, 2.24) is 0 Å². The number of aldehydes is 1. The highest BCUT2D eigenvalue weighted by atomic mass is 32.1. The average molecular weight is 208 g/mol. The molecular formula is C10H8O3S. The van der Waals surface area contributed by atoms with Crippen LogP contribution in [-0.4, -0.2) is 18.5 Å². The lowest BCUT2D eigenvalue weighted by molar-refractivity contribution is 0.112. The first-order valence-electron chi connectivity index (χ1n) is 4.00. The molecule has 14 heavy (non-hydrogen) atoms. The maximum absolute atomic E-state index is 10.7. The van der Waals surface area contributed by atoms with Crippen LogP contribution in [0.25, 0.3) is 10.1 Å². The number of benzene rings is 1. The van der Waals surface area contributed by atoms with E-state index in [1.165, 1.54) is 18.4 Å². The second kappa shape index (κ2) is 3.31. The summed E-state index contributed by atoms with van der Waals surface area (Å²) < 4.78 is 5.84. The molecule has 3 nitrogen and oxygen atoms in total. The first kappa shape index (κ1) is 9.02. The SMILES string of the molecule is COc1ccc2scc(C=O)c2c1O. The summed E-state index contributed by atoms with van der Waals surface area (Å²) in [5.41, 5.74) is 0.501. The quantitative estimate of drug-likeness (QED) is 0.771. The van der Waals surface area contributed by atoms with Crippen molar-refractivity contribution in [3.05, 3.63) is 23.1 Å². The van der Waals surface area contributed by atoms with Crippen molar-refractivity contribution >= 4 is 27.7 Å². The summed E-state index contributed by atoms with van der Waals surface area (Å²) in [5, 5.41) is 12.1. The van der Waals surface area contributed by atoms with Crippen molar-refractivity contribution in [2.24, 2.45) is 0 Å². The highest BCUT2D eigenvalue weighted by Crippen LogP contribution is 2.38. The third-order valence-electron chi connectivity index (χ3n) is 2.05. The Hall–Kier alpha value is -1.55. The van der Waals surface area contributed by atoms with Crippen LogP contribution < -0.4 is 4.74 Å². The molecule has 1 heterocycles. The lowest BCUT2D eigenvalue weighted by Gasteiger charge is -2.03. The number of fused-ring (bicyclic) bond motifs is 1. The highest BCUT2D eigenvalue weighted by molar-refractivity contribution is 7.17. The zero-order valence-electron chi connectivity index (χ0n) is 7.48. The van der Waals surface area contributed by atoms with Gasteiger partial charge < -0.3 is 9.84 Å². The van der Waals surface area contributed by atoms with E-state index in [4.69, 9.17) is 4.74 Å². The van der Waals surface area contributed by atoms with Crippen LogP contribution in [0, 0.1) is 0 Å². The van der Waals surface area contributed by atoms with Gasteiger partial charge in [-0.15, -0.1) is 11.3 Å². The van der Waals surface area contributed by atoms with E-state index in [0.29, 0.717) is 16.7 Å². The first-order chi connectivity index (χ1) is 6.77. The van der Waals surface area contributed by atoms with Gasteiger partial charge in [0.2, 0.25) is 0 Å². The van der Waals surface area contributed by atoms with Crippen molar-refractivity contribution in [3.63, 3.8) is 0 Å². The van der Waals surface area contributed by atoms with Gasteiger partial charge in [-0.05, 0) is 12.1 Å². The fraction of sp³-hybridized carbons (Fsp3) is 0.100. The standard InChI is InChI=1S/C10H8O3S/c1-13-7-2-3-8-9(10(7)12)6(4-11)5-14-8/h2-5,12H,1H3. The van der Waals surface area contributed by atoms with Crippen LogP contribution in [0.5, 0.6) is 11.5 Å². The van der Waals surface area contributed by atoms with E-state index < -0.39 is 0 Å². The molecule has 4 heteroatoms. The van der Waals surface area contributed by atoms with Gasteiger partial charge in [-0.25, -0.2) is 0 Å². The minimum absolute atomic E-state index is 0.0355. The first-order valence-corrected chi connectivity index (χ1v) is 4.88. The number of hydrogen-bond acceptors (Lipinski definition) is 4. The molecule has 0 aliphatic heterocycles. The van der Waals surface area contributed by atoms with Crippen molar-refractivity contribution < 1.29 is 14.6 Å². The smallest absolute Gasteiger partial charge is 0.167 e. The van der Waals surface area contributed by atoms with Crippen LogP contribution in [-0.2, 0) is 0 Å². The van der Waals surface area contributed by atoms with Gasteiger partial charge in [-0.1, -0.05) is 0 Å². The number of ether oxygens (including phenoxy) is 1. The zero-order chi connectivity index (χ0) is 10.1. The Kier molecular flexibility index (Phi) is 2.13. The molecule has 0 atom stereocenters. The normalized spacial score (nSPS) is 10.4. The lowest BCUT2D eigenvalue weighted by Crippen LogP contribution is -1.84. The maximum Gasteiger partial charge on any atom is 0.167 e. The summed E-state index contributed by atoms with van der Waals surface area (Å²) in [5.74, 6) is 0.423. The summed E-state index contributed by atoms with van der Waals surface area (Å²) in [6.45, 7) is 0. The monoisotopic (exact) mass is 208 g/mol. The number of carbonyl (C=O) groups is 1. The number of carbonyl (C=O) groups excluding carboxylic acids is 1. The lowest BCUT2D eigenvalue weighted by atomic mass is 10.1. The van der Waals surface area contributed by atoms with Crippen LogP contribution in [0.15, 0.2) is 17.5 Å². The Balaban J connectivity index is 2.83. The van der Waals surface area contributed by atoms with Crippen LogP contribution in [0.3, 0.4) is 0 Å². The molecule has 72 valence electrons. The number of phenols is 1. The number of hydrogen-bond donors (Lipinski definition) is 1. The summed E-state index contributed by atoms with van der Waals surface area (Å²) in [4.78, 5) is 10.7. The van der Waals surface area contributed by atoms with E-state index in [2.05, 4.69) is 0 Å². The third kappa shape index (κ3) is 1.15. The molecule has 2 aromatic rings. The number of methoxy groups -OCH3 is 1. The third-order valence-corrected chi connectivity index (χ3v) is 3.02. The second-order valence-electron chi connectivity index (χ2n) is 2.80. The topological polar surface area (TPSA) is 46.5 Å². The minimum Gasteiger partial charge on any atom is -0.504 e. The van der Waals surface area contributed by atoms with E-state index in [9.17, 15) is 9.90 Å². The van der Waals surface area contributed by atoms with Gasteiger partial charge in [0.1, 0.15) is 0 Å². The maximum atomic E-state index is 10.7. The average Bonchev–Trinajstić information content (AvgIpc) is 2.62. The molecule has 0 aliphatic carbocycles. The zero-order valence-corrected chi connectivity index (χ0v) is 8.30. The molecular weight excluding hydrogens is 200 g/mol. The molecule has 2 rings (SSSR count). The summed E-state index contributed by atoms with van der Waals surface area (Å²) in [6, 6.07) is 3.51. The highest BCUT2D eigenvalue weighted by Gasteiger charge is 2.11. The molecule has 0 amide bonds. The van der Waals surface area contributed by atoms with Gasteiger partial charge in [0.15, 0.2) is 17.8 Å². The van der Waals surface area contributed by atoms with Gasteiger partial charge in [-0.3, -0.25) is 4.79 Å². The number of rotatable bonds is 2. The molecule has 0 saturated heterocycles. The van der Waals surface area contributed by atoms with Gasteiger partial charge in [0.05, 0.1) is 7.11 Å². The van der Waals surface area contributed by atoms with E-state index >= 15 is 0 Å². The van der Waals surface area contributed by atoms with Gasteiger partial charge in [0, 0.05) is 21.0 Å². The second-order valence-corrected chi connectivity index (χ2v) is 3.71. The van der Waals surface area contributed by atoms with Gasteiger partial charge in [-0.2, -0.15) is 0 Å².